The molecule has 8 heteroatoms. The molecule has 2 aliphatic rings. The molecule has 8 nitrogen and oxygen atoms in total. The molecule has 3 heterocycles. The molecule has 2 atom stereocenters. The average molecular weight is 342 g/mol. The Morgan fingerprint density at radius 1 is 1.16 bits per heavy atom. The minimum atomic E-state index is -0.229. The third kappa shape index (κ3) is 2.81. The smallest absolute Gasteiger partial charge is 0.321 e. The van der Waals surface area contributed by atoms with Crippen molar-refractivity contribution in [2.75, 3.05) is 32.5 Å². The van der Waals surface area contributed by atoms with Gasteiger partial charge in [0.05, 0.1) is 5.69 Å². The summed E-state index contributed by atoms with van der Waals surface area (Å²) in [7, 11) is 3.34. The number of carbonyl (C=O) groups is 2. The molecule has 0 bridgehead atoms. The number of pyridine rings is 1. The number of urea groups is 1. The van der Waals surface area contributed by atoms with Crippen molar-refractivity contribution in [2.45, 2.75) is 19.3 Å². The molecule has 0 aromatic carbocycles. The number of hydrogen-bond acceptors (Lipinski definition) is 4. The van der Waals surface area contributed by atoms with Gasteiger partial charge in [0.1, 0.15) is 0 Å². The number of fused-ring (bicyclic) bond motifs is 2. The summed E-state index contributed by atoms with van der Waals surface area (Å²) in [5, 5.41) is 10.9. The number of aromatic nitrogens is 3. The first-order valence-electron chi connectivity index (χ1n) is 8.65. The van der Waals surface area contributed by atoms with Crippen molar-refractivity contribution in [1.82, 2.24) is 24.4 Å². The van der Waals surface area contributed by atoms with Gasteiger partial charge in [-0.15, -0.1) is 10.2 Å². The predicted octanol–water partition coefficient (Wildman–Crippen LogP) is 1.69. The number of rotatable bonds is 2. The van der Waals surface area contributed by atoms with Gasteiger partial charge in [-0.05, 0) is 36.8 Å². The average Bonchev–Trinajstić information content (AvgIpc) is 3.27. The summed E-state index contributed by atoms with van der Waals surface area (Å²) < 4.78 is 1.65. The largest absolute Gasteiger partial charge is 0.335 e. The number of nitrogens with zero attached hydrogens (tertiary/aromatic N) is 5. The van der Waals surface area contributed by atoms with Crippen molar-refractivity contribution in [3.8, 4) is 0 Å². The van der Waals surface area contributed by atoms with E-state index in [4.69, 9.17) is 0 Å². The van der Waals surface area contributed by atoms with Crippen LogP contribution in [0.5, 0.6) is 0 Å². The predicted molar refractivity (Wildman–Crippen MR) is 92.4 cm³/mol. The molecule has 0 radical (unpaired) electrons. The van der Waals surface area contributed by atoms with Crippen molar-refractivity contribution in [3.05, 3.63) is 24.2 Å². The van der Waals surface area contributed by atoms with Crippen molar-refractivity contribution >= 4 is 23.3 Å². The van der Waals surface area contributed by atoms with Gasteiger partial charge in [-0.25, -0.2) is 4.79 Å². The third-order valence-corrected chi connectivity index (χ3v) is 5.26. The Morgan fingerprint density at radius 3 is 2.56 bits per heavy atom. The van der Waals surface area contributed by atoms with E-state index in [1.165, 1.54) is 24.2 Å². The highest BCUT2D eigenvalue weighted by Crippen LogP contribution is 2.38. The van der Waals surface area contributed by atoms with Crippen LogP contribution >= 0.6 is 0 Å². The maximum atomic E-state index is 12.9. The second-order valence-electron chi connectivity index (χ2n) is 7.16. The summed E-state index contributed by atoms with van der Waals surface area (Å²) in [4.78, 5) is 28.1. The fourth-order valence-electron chi connectivity index (χ4n) is 3.89. The summed E-state index contributed by atoms with van der Waals surface area (Å²) in [6, 6.07) is 3.26. The van der Waals surface area contributed by atoms with Gasteiger partial charge in [0.25, 0.3) is 5.91 Å². The first-order valence-corrected chi connectivity index (χ1v) is 8.65. The second-order valence-corrected chi connectivity index (χ2v) is 7.16. The van der Waals surface area contributed by atoms with Gasteiger partial charge in [-0.3, -0.25) is 9.20 Å². The van der Waals surface area contributed by atoms with Crippen molar-refractivity contribution < 1.29 is 9.59 Å². The van der Waals surface area contributed by atoms with Gasteiger partial charge in [0, 0.05) is 33.4 Å². The van der Waals surface area contributed by atoms with E-state index in [-0.39, 0.29) is 11.9 Å². The molecule has 2 fully saturated rings. The Kier molecular flexibility index (Phi) is 3.82. The van der Waals surface area contributed by atoms with E-state index in [2.05, 4.69) is 15.5 Å². The molecule has 1 N–H and O–H groups in total. The standard InChI is InChI=1S/C17H22N6O2/c1-21(2)17(25)18-13-6-7-14-19-20-15(23(14)10-13)16(24)22-8-11-4-3-5-12(11)9-22/h6-7,10-12H,3-5,8-9H2,1-2H3,(H,18,25)/t11-,12+. The Labute approximate surface area is 145 Å². The minimum absolute atomic E-state index is 0.0852. The van der Waals surface area contributed by atoms with Crippen molar-refractivity contribution in [2.24, 2.45) is 11.8 Å². The summed E-state index contributed by atoms with van der Waals surface area (Å²) in [5.74, 6) is 1.49. The molecule has 25 heavy (non-hydrogen) atoms. The number of nitrogens with one attached hydrogen (secondary N) is 1. The molecule has 2 aromatic heterocycles. The molecule has 2 aromatic rings. The Hall–Kier alpha value is -2.64. The highest BCUT2D eigenvalue weighted by molar-refractivity contribution is 5.92. The van der Waals surface area contributed by atoms with E-state index in [1.54, 1.807) is 36.8 Å². The van der Waals surface area contributed by atoms with E-state index in [1.807, 2.05) is 4.90 Å². The topological polar surface area (TPSA) is 82.8 Å². The molecule has 132 valence electrons. The third-order valence-electron chi connectivity index (χ3n) is 5.26. The second kappa shape index (κ2) is 6.02. The van der Waals surface area contributed by atoms with Crippen LogP contribution < -0.4 is 5.32 Å². The Morgan fingerprint density at radius 2 is 1.88 bits per heavy atom. The van der Waals surface area contributed by atoms with Crippen LogP contribution in [0, 0.1) is 11.8 Å². The molecular formula is C17H22N6O2. The summed E-state index contributed by atoms with van der Waals surface area (Å²) in [6.45, 7) is 1.63. The molecule has 3 amide bonds. The van der Waals surface area contributed by atoms with Crippen LogP contribution in [0.1, 0.15) is 29.9 Å². The Bertz CT molecular complexity index is 818. The normalized spacial score (nSPS) is 22.2. The van der Waals surface area contributed by atoms with Gasteiger partial charge >= 0.3 is 6.03 Å². The minimum Gasteiger partial charge on any atom is -0.335 e. The van der Waals surface area contributed by atoms with Gasteiger partial charge < -0.3 is 15.1 Å². The van der Waals surface area contributed by atoms with Gasteiger partial charge in [-0.2, -0.15) is 0 Å². The first kappa shape index (κ1) is 15.9. The van der Waals surface area contributed by atoms with Crippen molar-refractivity contribution in [3.63, 3.8) is 0 Å². The molecule has 1 aliphatic heterocycles. The SMILES string of the molecule is CN(C)C(=O)Nc1ccc2nnc(C(=O)N3C[C@H]4CCC[C@H]4C3)n2c1. The molecular weight excluding hydrogens is 320 g/mol. The lowest BCUT2D eigenvalue weighted by molar-refractivity contribution is 0.0767. The molecule has 0 unspecified atom stereocenters. The number of anilines is 1. The van der Waals surface area contributed by atoms with Crippen LogP contribution in [0.15, 0.2) is 18.3 Å². The maximum absolute atomic E-state index is 12.9. The molecule has 1 aliphatic carbocycles. The Balaban J connectivity index is 1.59. The van der Waals surface area contributed by atoms with Crippen LogP contribution in [0.3, 0.4) is 0 Å². The van der Waals surface area contributed by atoms with Crippen molar-refractivity contribution in [1.29, 1.82) is 0 Å². The summed E-state index contributed by atoms with van der Waals surface area (Å²) in [6.07, 6.45) is 5.41. The van der Waals surface area contributed by atoms with E-state index >= 15 is 0 Å². The molecule has 0 spiro atoms. The number of carbonyl (C=O) groups excluding carboxylic acids is 2. The van der Waals surface area contributed by atoms with E-state index in [0.717, 1.165) is 13.1 Å². The van der Waals surface area contributed by atoms with Crippen LogP contribution in [0.25, 0.3) is 5.65 Å². The van der Waals surface area contributed by atoms with Crippen LogP contribution in [0.4, 0.5) is 10.5 Å². The summed E-state index contributed by atoms with van der Waals surface area (Å²) >= 11 is 0. The van der Waals surface area contributed by atoms with Gasteiger partial charge in [0.2, 0.25) is 5.82 Å². The van der Waals surface area contributed by atoms with Crippen LogP contribution in [-0.2, 0) is 0 Å². The van der Waals surface area contributed by atoms with E-state index < -0.39 is 0 Å². The van der Waals surface area contributed by atoms with Gasteiger partial charge in [-0.1, -0.05) is 6.42 Å². The molecule has 1 saturated carbocycles. The lowest BCUT2D eigenvalue weighted by Gasteiger charge is -2.16. The van der Waals surface area contributed by atoms with Crippen LogP contribution in [-0.4, -0.2) is 63.5 Å². The summed E-state index contributed by atoms with van der Waals surface area (Å²) in [5.41, 5.74) is 1.18. The highest BCUT2D eigenvalue weighted by Gasteiger charge is 2.39. The fourth-order valence-corrected chi connectivity index (χ4v) is 3.89. The van der Waals surface area contributed by atoms with Gasteiger partial charge in [0.15, 0.2) is 5.65 Å². The molecule has 4 rings (SSSR count). The lowest BCUT2D eigenvalue weighted by Crippen LogP contribution is -2.31. The number of hydrogen-bond donors (Lipinski definition) is 1. The number of likely N-dealkylation sites (tertiary alicyclic amines) is 1. The zero-order valence-corrected chi connectivity index (χ0v) is 14.5. The quantitative estimate of drug-likeness (QED) is 0.900. The fraction of sp³-hybridized carbons (Fsp3) is 0.529. The lowest BCUT2D eigenvalue weighted by atomic mass is 10.0. The zero-order valence-electron chi connectivity index (χ0n) is 14.5. The van der Waals surface area contributed by atoms with Crippen LogP contribution in [0.2, 0.25) is 0 Å². The first-order chi connectivity index (χ1) is 12.0. The van der Waals surface area contributed by atoms with E-state index in [0.29, 0.717) is 29.0 Å². The number of amides is 3. The molecule has 1 saturated heterocycles. The van der Waals surface area contributed by atoms with E-state index in [9.17, 15) is 9.59 Å². The monoisotopic (exact) mass is 342 g/mol. The highest BCUT2D eigenvalue weighted by atomic mass is 16.2. The zero-order chi connectivity index (χ0) is 17.6. The maximum Gasteiger partial charge on any atom is 0.321 e.